The van der Waals surface area contributed by atoms with Crippen molar-refractivity contribution in [2.45, 2.75) is 51.2 Å². The molecule has 0 spiro atoms. The van der Waals surface area contributed by atoms with E-state index in [2.05, 4.69) is 5.32 Å². The van der Waals surface area contributed by atoms with Crippen LogP contribution in [0.15, 0.2) is 0 Å². The van der Waals surface area contributed by atoms with Gasteiger partial charge in [-0.15, -0.1) is 12.4 Å². The summed E-state index contributed by atoms with van der Waals surface area (Å²) < 4.78 is 5.61. The van der Waals surface area contributed by atoms with Gasteiger partial charge in [0.05, 0.1) is 12.7 Å². The summed E-state index contributed by atoms with van der Waals surface area (Å²) in [5, 5.41) is 2.79. The molecule has 16 heavy (non-hydrogen) atoms. The van der Waals surface area contributed by atoms with Crippen molar-refractivity contribution in [2.75, 3.05) is 13.2 Å². The molecular formula is C11H23ClN2O2. The third kappa shape index (κ3) is 7.04. The SMILES string of the molecule is CC(N)CC(=O)NCCOC1CCCC1.Cl. The summed E-state index contributed by atoms with van der Waals surface area (Å²) in [6, 6.07) is -0.0687. The lowest BCUT2D eigenvalue weighted by Crippen LogP contribution is -2.32. The van der Waals surface area contributed by atoms with Gasteiger partial charge in [-0.1, -0.05) is 12.8 Å². The predicted octanol–water partition coefficient (Wildman–Crippen LogP) is 1.22. The first kappa shape index (κ1) is 15.7. The number of ether oxygens (including phenoxy) is 1. The van der Waals surface area contributed by atoms with Crippen LogP contribution in [0, 0.1) is 0 Å². The number of amides is 1. The lowest BCUT2D eigenvalue weighted by Gasteiger charge is -2.11. The number of rotatable bonds is 6. The lowest BCUT2D eigenvalue weighted by molar-refractivity contribution is -0.121. The molecule has 0 aromatic heterocycles. The van der Waals surface area contributed by atoms with Gasteiger partial charge in [-0.3, -0.25) is 4.79 Å². The molecular weight excluding hydrogens is 228 g/mol. The van der Waals surface area contributed by atoms with Crippen LogP contribution in [0.1, 0.15) is 39.0 Å². The molecule has 4 nitrogen and oxygen atoms in total. The molecule has 0 saturated heterocycles. The maximum atomic E-state index is 11.2. The number of carbonyl (C=O) groups is 1. The maximum Gasteiger partial charge on any atom is 0.221 e. The summed E-state index contributed by atoms with van der Waals surface area (Å²) in [6.07, 6.45) is 5.73. The highest BCUT2D eigenvalue weighted by molar-refractivity contribution is 5.85. The molecule has 96 valence electrons. The van der Waals surface area contributed by atoms with Crippen molar-refractivity contribution < 1.29 is 9.53 Å². The fourth-order valence-corrected chi connectivity index (χ4v) is 1.84. The summed E-state index contributed by atoms with van der Waals surface area (Å²) in [5.41, 5.74) is 5.51. The van der Waals surface area contributed by atoms with Crippen molar-refractivity contribution in [3.05, 3.63) is 0 Å². The first-order chi connectivity index (χ1) is 7.18. The Bertz CT molecular complexity index is 194. The molecule has 1 saturated carbocycles. The van der Waals surface area contributed by atoms with Crippen molar-refractivity contribution in [3.63, 3.8) is 0 Å². The molecule has 1 unspecified atom stereocenters. The highest BCUT2D eigenvalue weighted by Crippen LogP contribution is 2.20. The summed E-state index contributed by atoms with van der Waals surface area (Å²) >= 11 is 0. The predicted molar refractivity (Wildman–Crippen MR) is 66.7 cm³/mol. The molecule has 0 heterocycles. The van der Waals surface area contributed by atoms with Gasteiger partial charge in [-0.05, 0) is 19.8 Å². The molecule has 1 rings (SSSR count). The van der Waals surface area contributed by atoms with E-state index in [9.17, 15) is 4.79 Å². The standard InChI is InChI=1S/C11H22N2O2.ClH/c1-9(12)8-11(14)13-6-7-15-10-4-2-3-5-10;/h9-10H,2-8,12H2,1H3,(H,13,14);1H. The van der Waals surface area contributed by atoms with Crippen LogP contribution in [-0.2, 0) is 9.53 Å². The molecule has 0 aromatic rings. The van der Waals surface area contributed by atoms with Crippen LogP contribution >= 0.6 is 12.4 Å². The molecule has 5 heteroatoms. The van der Waals surface area contributed by atoms with E-state index in [1.165, 1.54) is 25.7 Å². The van der Waals surface area contributed by atoms with E-state index in [0.717, 1.165) is 0 Å². The number of nitrogens with one attached hydrogen (secondary N) is 1. The average molecular weight is 251 g/mol. The summed E-state index contributed by atoms with van der Waals surface area (Å²) in [5.74, 6) is 0.0139. The normalized spacial score (nSPS) is 17.9. The Labute approximate surface area is 104 Å². The Balaban J connectivity index is 0.00000225. The second kappa shape index (κ2) is 8.79. The largest absolute Gasteiger partial charge is 0.376 e. The van der Waals surface area contributed by atoms with Crippen LogP contribution < -0.4 is 11.1 Å². The zero-order valence-corrected chi connectivity index (χ0v) is 10.7. The van der Waals surface area contributed by atoms with Gasteiger partial charge in [0.2, 0.25) is 5.91 Å². The minimum atomic E-state index is -0.0687. The molecule has 0 aliphatic heterocycles. The number of carbonyl (C=O) groups excluding carboxylic acids is 1. The van der Waals surface area contributed by atoms with Gasteiger partial charge in [-0.2, -0.15) is 0 Å². The van der Waals surface area contributed by atoms with Gasteiger partial charge in [0.15, 0.2) is 0 Å². The summed E-state index contributed by atoms with van der Waals surface area (Å²) in [7, 11) is 0. The monoisotopic (exact) mass is 250 g/mol. The highest BCUT2D eigenvalue weighted by Gasteiger charge is 2.14. The first-order valence-electron chi connectivity index (χ1n) is 5.82. The Hall–Kier alpha value is -0.320. The second-order valence-corrected chi connectivity index (χ2v) is 4.31. The molecule has 1 aliphatic carbocycles. The van der Waals surface area contributed by atoms with E-state index in [-0.39, 0.29) is 24.4 Å². The number of halogens is 1. The smallest absolute Gasteiger partial charge is 0.221 e. The maximum absolute atomic E-state index is 11.2. The van der Waals surface area contributed by atoms with Gasteiger partial charge >= 0.3 is 0 Å². The average Bonchev–Trinajstić information content (AvgIpc) is 2.63. The molecule has 0 aromatic carbocycles. The Kier molecular flexibility index (Phi) is 8.61. The third-order valence-electron chi connectivity index (χ3n) is 2.59. The molecule has 1 atom stereocenters. The zero-order chi connectivity index (χ0) is 11.1. The second-order valence-electron chi connectivity index (χ2n) is 4.31. The Morgan fingerprint density at radius 2 is 2.12 bits per heavy atom. The van der Waals surface area contributed by atoms with Gasteiger partial charge in [0.1, 0.15) is 0 Å². The van der Waals surface area contributed by atoms with Crippen molar-refractivity contribution >= 4 is 18.3 Å². The van der Waals surface area contributed by atoms with Crippen molar-refractivity contribution in [2.24, 2.45) is 5.73 Å². The molecule has 1 fully saturated rings. The topological polar surface area (TPSA) is 64.4 Å². The Morgan fingerprint density at radius 1 is 1.50 bits per heavy atom. The number of nitrogens with two attached hydrogens (primary N) is 1. The number of hydrogen-bond acceptors (Lipinski definition) is 3. The van der Waals surface area contributed by atoms with Gasteiger partial charge in [-0.25, -0.2) is 0 Å². The van der Waals surface area contributed by atoms with Crippen molar-refractivity contribution in [1.82, 2.24) is 5.32 Å². The lowest BCUT2D eigenvalue weighted by atomic mass is 10.2. The van der Waals surface area contributed by atoms with Crippen LogP contribution in [0.3, 0.4) is 0 Å². The minimum absolute atomic E-state index is 0. The minimum Gasteiger partial charge on any atom is -0.376 e. The summed E-state index contributed by atoms with van der Waals surface area (Å²) in [6.45, 7) is 3.05. The Morgan fingerprint density at radius 3 is 2.69 bits per heavy atom. The molecule has 0 bridgehead atoms. The third-order valence-corrected chi connectivity index (χ3v) is 2.59. The van der Waals surface area contributed by atoms with E-state index in [1.807, 2.05) is 6.92 Å². The van der Waals surface area contributed by atoms with Crippen molar-refractivity contribution in [1.29, 1.82) is 0 Å². The summed E-state index contributed by atoms with van der Waals surface area (Å²) in [4.78, 5) is 11.2. The van der Waals surface area contributed by atoms with E-state index in [1.54, 1.807) is 0 Å². The van der Waals surface area contributed by atoms with Crippen molar-refractivity contribution in [3.8, 4) is 0 Å². The van der Waals surface area contributed by atoms with Gasteiger partial charge in [0, 0.05) is 19.0 Å². The van der Waals surface area contributed by atoms with E-state index in [0.29, 0.717) is 25.7 Å². The van der Waals surface area contributed by atoms with Crippen LogP contribution in [0.5, 0.6) is 0 Å². The molecule has 3 N–H and O–H groups in total. The van der Waals surface area contributed by atoms with E-state index >= 15 is 0 Å². The first-order valence-corrected chi connectivity index (χ1v) is 5.82. The number of hydrogen-bond donors (Lipinski definition) is 2. The van der Waals surface area contributed by atoms with Crippen LogP contribution in [0.2, 0.25) is 0 Å². The van der Waals surface area contributed by atoms with Gasteiger partial charge in [0.25, 0.3) is 0 Å². The highest BCUT2D eigenvalue weighted by atomic mass is 35.5. The zero-order valence-electron chi connectivity index (χ0n) is 9.91. The quantitative estimate of drug-likeness (QED) is 0.697. The van der Waals surface area contributed by atoms with E-state index in [4.69, 9.17) is 10.5 Å². The fraction of sp³-hybridized carbons (Fsp3) is 0.909. The van der Waals surface area contributed by atoms with Crippen LogP contribution in [0.4, 0.5) is 0 Å². The molecule has 1 aliphatic rings. The molecule has 0 radical (unpaired) electrons. The fourth-order valence-electron chi connectivity index (χ4n) is 1.84. The van der Waals surface area contributed by atoms with E-state index < -0.39 is 0 Å². The van der Waals surface area contributed by atoms with Crippen LogP contribution in [0.25, 0.3) is 0 Å². The van der Waals surface area contributed by atoms with Gasteiger partial charge < -0.3 is 15.8 Å². The molecule has 1 amide bonds. The van der Waals surface area contributed by atoms with Crippen LogP contribution in [-0.4, -0.2) is 31.2 Å².